The Labute approximate surface area is 157 Å². The molecule has 3 aromatic rings. The van der Waals surface area contributed by atoms with Crippen LogP contribution in [0.15, 0.2) is 48.7 Å². The molecule has 0 spiro atoms. The van der Waals surface area contributed by atoms with E-state index in [9.17, 15) is 4.79 Å². The highest BCUT2D eigenvalue weighted by molar-refractivity contribution is 6.31. The molecule has 1 aliphatic rings. The van der Waals surface area contributed by atoms with Crippen LogP contribution in [0, 0.1) is 0 Å². The summed E-state index contributed by atoms with van der Waals surface area (Å²) in [5, 5.41) is 5.03. The third-order valence-electron chi connectivity index (χ3n) is 5.22. The van der Waals surface area contributed by atoms with Gasteiger partial charge in [0.15, 0.2) is 0 Å². The van der Waals surface area contributed by atoms with E-state index in [1.165, 1.54) is 10.9 Å². The van der Waals surface area contributed by atoms with E-state index < -0.39 is 0 Å². The van der Waals surface area contributed by atoms with Gasteiger partial charge in [0.2, 0.25) is 5.91 Å². The SMILES string of the molecule is COc1ccc(CC(=O)NCC2(c3c[nH]c4cc(Cl)ccc34)CC2)cc1. The monoisotopic (exact) mass is 368 g/mol. The minimum Gasteiger partial charge on any atom is -0.497 e. The van der Waals surface area contributed by atoms with Crippen molar-refractivity contribution in [2.75, 3.05) is 13.7 Å². The summed E-state index contributed by atoms with van der Waals surface area (Å²) in [6, 6.07) is 13.5. The van der Waals surface area contributed by atoms with Crippen molar-refractivity contribution in [1.29, 1.82) is 0 Å². The van der Waals surface area contributed by atoms with E-state index in [4.69, 9.17) is 16.3 Å². The molecule has 5 heteroatoms. The van der Waals surface area contributed by atoms with E-state index in [-0.39, 0.29) is 11.3 Å². The Morgan fingerprint density at radius 1 is 1.23 bits per heavy atom. The highest BCUT2D eigenvalue weighted by Crippen LogP contribution is 2.50. The third kappa shape index (κ3) is 3.29. The van der Waals surface area contributed by atoms with Gasteiger partial charge in [-0.2, -0.15) is 0 Å². The molecule has 2 N–H and O–H groups in total. The van der Waals surface area contributed by atoms with Gasteiger partial charge in [-0.05, 0) is 48.2 Å². The molecule has 1 heterocycles. The van der Waals surface area contributed by atoms with Gasteiger partial charge in [-0.25, -0.2) is 0 Å². The first-order chi connectivity index (χ1) is 12.6. The van der Waals surface area contributed by atoms with Crippen molar-refractivity contribution in [1.82, 2.24) is 10.3 Å². The molecule has 0 unspecified atom stereocenters. The van der Waals surface area contributed by atoms with E-state index in [0.717, 1.165) is 34.7 Å². The number of carbonyl (C=O) groups excluding carboxylic acids is 1. The Morgan fingerprint density at radius 3 is 2.69 bits per heavy atom. The quantitative estimate of drug-likeness (QED) is 0.684. The third-order valence-corrected chi connectivity index (χ3v) is 5.45. The standard InChI is InChI=1S/C21H21ClN2O2/c1-26-16-5-2-14(3-6-16)10-20(25)24-13-21(8-9-21)18-12-23-19-11-15(22)4-7-17(18)19/h2-7,11-12,23H,8-10,13H2,1H3,(H,24,25). The molecular formula is C21H21ClN2O2. The Balaban J connectivity index is 1.42. The summed E-state index contributed by atoms with van der Waals surface area (Å²) in [5.41, 5.74) is 3.34. The smallest absolute Gasteiger partial charge is 0.224 e. The summed E-state index contributed by atoms with van der Waals surface area (Å²) in [7, 11) is 1.63. The Morgan fingerprint density at radius 2 is 2.00 bits per heavy atom. The van der Waals surface area contributed by atoms with Crippen LogP contribution in [0.25, 0.3) is 10.9 Å². The van der Waals surface area contributed by atoms with Gasteiger partial charge in [0.05, 0.1) is 13.5 Å². The summed E-state index contributed by atoms with van der Waals surface area (Å²) in [6.45, 7) is 0.664. The van der Waals surface area contributed by atoms with Crippen molar-refractivity contribution in [2.45, 2.75) is 24.7 Å². The van der Waals surface area contributed by atoms with Crippen LogP contribution in [0.2, 0.25) is 5.02 Å². The normalized spacial score (nSPS) is 15.0. The maximum absolute atomic E-state index is 12.4. The number of hydrogen-bond acceptors (Lipinski definition) is 2. The number of carbonyl (C=O) groups is 1. The van der Waals surface area contributed by atoms with E-state index >= 15 is 0 Å². The molecule has 1 saturated carbocycles. The topological polar surface area (TPSA) is 54.1 Å². The highest BCUT2D eigenvalue weighted by Gasteiger charge is 2.45. The first-order valence-electron chi connectivity index (χ1n) is 8.76. The number of aromatic amines is 1. The van der Waals surface area contributed by atoms with Crippen LogP contribution < -0.4 is 10.1 Å². The molecule has 1 aromatic heterocycles. The van der Waals surface area contributed by atoms with Gasteiger partial charge in [-0.1, -0.05) is 29.8 Å². The lowest BCUT2D eigenvalue weighted by molar-refractivity contribution is -0.120. The Hall–Kier alpha value is -2.46. The van der Waals surface area contributed by atoms with E-state index in [1.807, 2.05) is 36.4 Å². The molecule has 0 saturated heterocycles. The minimum absolute atomic E-state index is 0.0433. The zero-order valence-electron chi connectivity index (χ0n) is 14.6. The molecule has 26 heavy (non-hydrogen) atoms. The number of fused-ring (bicyclic) bond motifs is 1. The predicted octanol–water partition coefficient (Wildman–Crippen LogP) is 4.22. The lowest BCUT2D eigenvalue weighted by Crippen LogP contribution is -2.33. The Kier molecular flexibility index (Phi) is 4.37. The fourth-order valence-corrected chi connectivity index (χ4v) is 3.66. The molecule has 4 rings (SSSR count). The van der Waals surface area contributed by atoms with Gasteiger partial charge in [-0.15, -0.1) is 0 Å². The van der Waals surface area contributed by atoms with Crippen molar-refractivity contribution in [3.05, 3.63) is 64.8 Å². The number of halogens is 1. The number of H-pyrrole nitrogens is 1. The summed E-state index contributed by atoms with van der Waals surface area (Å²) in [4.78, 5) is 15.7. The molecule has 4 nitrogen and oxygen atoms in total. The number of aromatic nitrogens is 1. The molecule has 134 valence electrons. The van der Waals surface area contributed by atoms with Crippen LogP contribution in [0.4, 0.5) is 0 Å². The zero-order chi connectivity index (χ0) is 18.1. The van der Waals surface area contributed by atoms with Gasteiger partial charge < -0.3 is 15.0 Å². The number of amides is 1. The summed E-state index contributed by atoms with van der Waals surface area (Å²) < 4.78 is 5.15. The van der Waals surface area contributed by atoms with Crippen molar-refractivity contribution in [3.63, 3.8) is 0 Å². The Bertz CT molecular complexity index is 942. The molecule has 0 aliphatic heterocycles. The molecule has 1 fully saturated rings. The average molecular weight is 369 g/mol. The van der Waals surface area contributed by atoms with E-state index in [2.05, 4.69) is 22.6 Å². The van der Waals surface area contributed by atoms with Crippen LogP contribution in [0.1, 0.15) is 24.0 Å². The number of ether oxygens (including phenoxy) is 1. The molecular weight excluding hydrogens is 348 g/mol. The second kappa shape index (κ2) is 6.69. The van der Waals surface area contributed by atoms with Crippen molar-refractivity contribution >= 4 is 28.4 Å². The van der Waals surface area contributed by atoms with Gasteiger partial charge >= 0.3 is 0 Å². The molecule has 1 amide bonds. The molecule has 2 aromatic carbocycles. The average Bonchev–Trinajstić information content (AvgIpc) is 3.32. The maximum Gasteiger partial charge on any atom is 0.224 e. The predicted molar refractivity (Wildman–Crippen MR) is 104 cm³/mol. The van der Waals surface area contributed by atoms with Crippen LogP contribution in [0.3, 0.4) is 0 Å². The second-order valence-electron chi connectivity index (χ2n) is 6.97. The molecule has 0 bridgehead atoms. The van der Waals surface area contributed by atoms with Crippen LogP contribution in [-0.4, -0.2) is 24.5 Å². The van der Waals surface area contributed by atoms with Gasteiger partial charge in [0.25, 0.3) is 0 Å². The molecule has 0 atom stereocenters. The van der Waals surface area contributed by atoms with E-state index in [1.54, 1.807) is 7.11 Å². The number of methoxy groups -OCH3 is 1. The zero-order valence-corrected chi connectivity index (χ0v) is 15.4. The van der Waals surface area contributed by atoms with Crippen LogP contribution in [0.5, 0.6) is 5.75 Å². The lowest BCUT2D eigenvalue weighted by Gasteiger charge is -2.16. The van der Waals surface area contributed by atoms with E-state index in [0.29, 0.717) is 13.0 Å². The van der Waals surface area contributed by atoms with Crippen LogP contribution in [-0.2, 0) is 16.6 Å². The molecule has 0 radical (unpaired) electrons. The highest BCUT2D eigenvalue weighted by atomic mass is 35.5. The minimum atomic E-state index is 0.0433. The fourth-order valence-electron chi connectivity index (χ4n) is 3.49. The summed E-state index contributed by atoms with van der Waals surface area (Å²) >= 11 is 6.07. The first-order valence-corrected chi connectivity index (χ1v) is 9.14. The van der Waals surface area contributed by atoms with Crippen LogP contribution >= 0.6 is 11.6 Å². The van der Waals surface area contributed by atoms with Crippen molar-refractivity contribution < 1.29 is 9.53 Å². The number of rotatable bonds is 6. The maximum atomic E-state index is 12.4. The van der Waals surface area contributed by atoms with Crippen molar-refractivity contribution in [3.8, 4) is 5.75 Å². The fraction of sp³-hybridized carbons (Fsp3) is 0.286. The van der Waals surface area contributed by atoms with Gasteiger partial charge in [-0.3, -0.25) is 4.79 Å². The lowest BCUT2D eigenvalue weighted by atomic mass is 9.95. The largest absolute Gasteiger partial charge is 0.497 e. The number of hydrogen-bond donors (Lipinski definition) is 2. The van der Waals surface area contributed by atoms with Gasteiger partial charge in [0, 0.05) is 34.1 Å². The second-order valence-corrected chi connectivity index (χ2v) is 7.41. The first kappa shape index (κ1) is 17.0. The summed E-state index contributed by atoms with van der Waals surface area (Å²) in [6.07, 6.45) is 4.62. The van der Waals surface area contributed by atoms with Gasteiger partial charge in [0.1, 0.15) is 5.75 Å². The van der Waals surface area contributed by atoms with Crippen molar-refractivity contribution in [2.24, 2.45) is 0 Å². The summed E-state index contributed by atoms with van der Waals surface area (Å²) in [5.74, 6) is 0.842. The molecule has 1 aliphatic carbocycles. The number of benzene rings is 2. The number of nitrogens with one attached hydrogen (secondary N) is 2.